The Morgan fingerprint density at radius 2 is 1.76 bits per heavy atom. The number of nitrogens with one attached hydrogen (secondary N) is 1. The lowest BCUT2D eigenvalue weighted by Crippen LogP contribution is -2.67. The van der Waals surface area contributed by atoms with Crippen LogP contribution in [-0.2, 0) is 9.59 Å². The molecule has 21 heavy (non-hydrogen) atoms. The van der Waals surface area contributed by atoms with Crippen LogP contribution in [-0.4, -0.2) is 31.0 Å². The minimum atomic E-state index is -0.687. The van der Waals surface area contributed by atoms with E-state index in [2.05, 4.69) is 5.32 Å². The maximum atomic E-state index is 12.9. The summed E-state index contributed by atoms with van der Waals surface area (Å²) in [6.45, 7) is 0.0902. The summed E-state index contributed by atoms with van der Waals surface area (Å²) in [5, 5.41) is 2.95. The molecule has 3 rings (SSSR count). The van der Waals surface area contributed by atoms with Crippen LogP contribution in [0, 0.1) is 0 Å². The molecule has 5 heteroatoms. The summed E-state index contributed by atoms with van der Waals surface area (Å²) in [5.41, 5.74) is 0.0636. The average Bonchev–Trinajstić information content (AvgIpc) is 2.52. The molecule has 0 atom stereocenters. The van der Waals surface area contributed by atoms with E-state index in [-0.39, 0.29) is 18.4 Å². The normalized spacial score (nSPS) is 21.3. The Balaban J connectivity index is 1.89. The number of hydrogen-bond donors (Lipinski definition) is 1. The van der Waals surface area contributed by atoms with Crippen LogP contribution in [0.5, 0.6) is 5.75 Å². The third-order valence-electron chi connectivity index (χ3n) is 4.43. The van der Waals surface area contributed by atoms with E-state index in [1.54, 1.807) is 12.0 Å². The topological polar surface area (TPSA) is 58.6 Å². The zero-order valence-corrected chi connectivity index (χ0v) is 12.2. The van der Waals surface area contributed by atoms with Crippen molar-refractivity contribution in [3.63, 3.8) is 0 Å². The minimum absolute atomic E-state index is 0.0203. The first-order valence-electron chi connectivity index (χ1n) is 7.42. The van der Waals surface area contributed by atoms with Gasteiger partial charge in [-0.15, -0.1) is 0 Å². The number of amides is 2. The molecule has 1 heterocycles. The zero-order valence-electron chi connectivity index (χ0n) is 12.2. The molecular weight excluding hydrogens is 268 g/mol. The first-order chi connectivity index (χ1) is 10.1. The number of rotatable bonds is 2. The van der Waals surface area contributed by atoms with Crippen molar-refractivity contribution < 1.29 is 14.3 Å². The van der Waals surface area contributed by atoms with Crippen LogP contribution >= 0.6 is 0 Å². The van der Waals surface area contributed by atoms with Crippen molar-refractivity contribution in [2.24, 2.45) is 0 Å². The first-order valence-corrected chi connectivity index (χ1v) is 7.42. The van der Waals surface area contributed by atoms with Crippen molar-refractivity contribution in [1.82, 2.24) is 5.32 Å². The molecular formula is C16H20N2O3. The first kappa shape index (κ1) is 13.9. The van der Waals surface area contributed by atoms with Gasteiger partial charge in [0.25, 0.3) is 5.91 Å². The van der Waals surface area contributed by atoms with Crippen LogP contribution in [0.25, 0.3) is 0 Å². The maximum absolute atomic E-state index is 12.9. The Bertz CT molecular complexity index is 547. The van der Waals surface area contributed by atoms with Gasteiger partial charge in [-0.2, -0.15) is 0 Å². The summed E-state index contributed by atoms with van der Waals surface area (Å²) in [4.78, 5) is 26.5. The molecule has 0 radical (unpaired) electrons. The monoisotopic (exact) mass is 288 g/mol. The second kappa shape index (κ2) is 5.39. The molecule has 0 bridgehead atoms. The zero-order chi connectivity index (χ0) is 14.9. The lowest BCUT2D eigenvalue weighted by atomic mass is 9.79. The number of methoxy groups -OCH3 is 1. The van der Waals surface area contributed by atoms with Crippen molar-refractivity contribution in [3.8, 4) is 5.75 Å². The van der Waals surface area contributed by atoms with Gasteiger partial charge in [-0.1, -0.05) is 19.3 Å². The van der Waals surface area contributed by atoms with E-state index >= 15 is 0 Å². The fraction of sp³-hybridized carbons (Fsp3) is 0.500. The summed E-state index contributed by atoms with van der Waals surface area (Å²) in [6.07, 6.45) is 4.59. The highest BCUT2D eigenvalue weighted by molar-refractivity contribution is 6.09. The maximum Gasteiger partial charge on any atom is 0.253 e. The number of piperazine rings is 1. The molecule has 2 amide bonds. The molecule has 1 saturated carbocycles. The van der Waals surface area contributed by atoms with E-state index in [9.17, 15) is 9.59 Å². The molecule has 1 saturated heterocycles. The highest BCUT2D eigenvalue weighted by Crippen LogP contribution is 2.34. The highest BCUT2D eigenvalue weighted by Gasteiger charge is 2.47. The van der Waals surface area contributed by atoms with Gasteiger partial charge in [0, 0.05) is 5.69 Å². The Labute approximate surface area is 124 Å². The molecule has 2 fully saturated rings. The van der Waals surface area contributed by atoms with Crippen LogP contribution in [0.3, 0.4) is 0 Å². The van der Waals surface area contributed by atoms with Crippen molar-refractivity contribution in [3.05, 3.63) is 24.3 Å². The Hall–Kier alpha value is -2.04. The Kier molecular flexibility index (Phi) is 3.57. The summed E-state index contributed by atoms with van der Waals surface area (Å²) in [5.74, 6) is 0.680. The molecule has 1 aliphatic carbocycles. The number of carbonyl (C=O) groups is 2. The van der Waals surface area contributed by atoms with Gasteiger partial charge in [0.15, 0.2) is 0 Å². The highest BCUT2D eigenvalue weighted by atomic mass is 16.5. The van der Waals surface area contributed by atoms with Crippen LogP contribution in [0.2, 0.25) is 0 Å². The van der Waals surface area contributed by atoms with Crippen LogP contribution in [0.1, 0.15) is 32.1 Å². The number of ether oxygens (including phenoxy) is 1. The van der Waals surface area contributed by atoms with Crippen molar-refractivity contribution in [1.29, 1.82) is 0 Å². The largest absolute Gasteiger partial charge is 0.497 e. The Morgan fingerprint density at radius 3 is 2.38 bits per heavy atom. The van der Waals surface area contributed by atoms with E-state index in [4.69, 9.17) is 4.74 Å². The van der Waals surface area contributed by atoms with Gasteiger partial charge in [-0.3, -0.25) is 9.59 Å². The van der Waals surface area contributed by atoms with Gasteiger partial charge in [0.1, 0.15) is 17.8 Å². The van der Waals surface area contributed by atoms with Crippen molar-refractivity contribution >= 4 is 17.5 Å². The molecule has 1 spiro atoms. The molecule has 1 aromatic rings. The lowest BCUT2D eigenvalue weighted by Gasteiger charge is -2.44. The van der Waals surface area contributed by atoms with E-state index in [0.29, 0.717) is 0 Å². The van der Waals surface area contributed by atoms with Crippen LogP contribution in [0.15, 0.2) is 24.3 Å². The van der Waals surface area contributed by atoms with E-state index < -0.39 is 5.54 Å². The van der Waals surface area contributed by atoms with Crippen molar-refractivity contribution in [2.45, 2.75) is 37.6 Å². The van der Waals surface area contributed by atoms with Gasteiger partial charge < -0.3 is 15.0 Å². The van der Waals surface area contributed by atoms with Crippen LogP contribution < -0.4 is 15.0 Å². The third-order valence-corrected chi connectivity index (χ3v) is 4.43. The summed E-state index contributed by atoms with van der Waals surface area (Å²) in [6, 6.07) is 7.27. The van der Waals surface area contributed by atoms with E-state index in [1.807, 2.05) is 24.3 Å². The molecule has 112 valence electrons. The molecule has 0 aromatic heterocycles. The van der Waals surface area contributed by atoms with Crippen molar-refractivity contribution in [2.75, 3.05) is 18.6 Å². The molecule has 5 nitrogen and oxygen atoms in total. The van der Waals surface area contributed by atoms with Gasteiger partial charge in [0.2, 0.25) is 5.91 Å². The quantitative estimate of drug-likeness (QED) is 0.903. The smallest absolute Gasteiger partial charge is 0.253 e. The number of nitrogens with zero attached hydrogens (tertiary/aromatic N) is 1. The number of anilines is 1. The van der Waals surface area contributed by atoms with Crippen LogP contribution in [0.4, 0.5) is 5.69 Å². The second-order valence-electron chi connectivity index (χ2n) is 5.78. The lowest BCUT2D eigenvalue weighted by molar-refractivity contribution is -0.137. The Morgan fingerprint density at radius 1 is 1.10 bits per heavy atom. The predicted octanol–water partition coefficient (Wildman–Crippen LogP) is 1.86. The third kappa shape index (κ3) is 2.48. The minimum Gasteiger partial charge on any atom is -0.497 e. The number of benzene rings is 1. The summed E-state index contributed by atoms with van der Waals surface area (Å²) < 4.78 is 5.13. The SMILES string of the molecule is COc1ccc(N2CC(=O)NC3(CCCCC3)C2=O)cc1. The van der Waals surface area contributed by atoms with E-state index in [0.717, 1.165) is 43.5 Å². The standard InChI is InChI=1S/C16H20N2O3/c1-21-13-7-5-12(6-8-13)18-11-14(19)17-16(15(18)20)9-3-2-4-10-16/h5-8H,2-4,9-11H2,1H3,(H,17,19). The summed E-state index contributed by atoms with van der Waals surface area (Å²) in [7, 11) is 1.60. The van der Waals surface area contributed by atoms with E-state index in [1.165, 1.54) is 0 Å². The molecule has 2 aliphatic rings. The number of hydrogen-bond acceptors (Lipinski definition) is 3. The average molecular weight is 288 g/mol. The molecule has 1 N–H and O–H groups in total. The number of carbonyl (C=O) groups excluding carboxylic acids is 2. The molecule has 0 unspecified atom stereocenters. The fourth-order valence-electron chi connectivity index (χ4n) is 3.30. The van der Waals surface area contributed by atoms with Gasteiger partial charge in [0.05, 0.1) is 7.11 Å². The fourth-order valence-corrected chi connectivity index (χ4v) is 3.30. The van der Waals surface area contributed by atoms with Gasteiger partial charge in [-0.25, -0.2) is 0 Å². The second-order valence-corrected chi connectivity index (χ2v) is 5.78. The molecule has 1 aromatic carbocycles. The molecule has 1 aliphatic heterocycles. The van der Waals surface area contributed by atoms with Gasteiger partial charge >= 0.3 is 0 Å². The predicted molar refractivity (Wildman–Crippen MR) is 79.3 cm³/mol. The summed E-state index contributed by atoms with van der Waals surface area (Å²) >= 11 is 0. The van der Waals surface area contributed by atoms with Gasteiger partial charge in [-0.05, 0) is 37.1 Å².